The van der Waals surface area contributed by atoms with Crippen LogP contribution in [0.1, 0.15) is 12.0 Å². The van der Waals surface area contributed by atoms with Crippen LogP contribution in [0.2, 0.25) is 0 Å². The maximum atomic E-state index is 11.5. The highest BCUT2D eigenvalue weighted by Crippen LogP contribution is 2.07. The van der Waals surface area contributed by atoms with Crippen LogP contribution >= 0.6 is 11.3 Å². The third-order valence-corrected chi connectivity index (χ3v) is 2.70. The lowest BCUT2D eigenvalue weighted by Crippen LogP contribution is -2.27. The molecule has 0 saturated carbocycles. The number of carbonyl (C=O) groups excluding carboxylic acids is 1. The molecule has 1 N–H and O–H groups in total. The molecule has 1 aromatic rings. The van der Waals surface area contributed by atoms with Gasteiger partial charge in [-0.05, 0) is 28.5 Å². The minimum absolute atomic E-state index is 0.0332. The summed E-state index contributed by atoms with van der Waals surface area (Å²) < 4.78 is 0. The quantitative estimate of drug-likeness (QED) is 0.795. The third kappa shape index (κ3) is 4.27. The van der Waals surface area contributed by atoms with E-state index < -0.39 is 5.97 Å². The van der Waals surface area contributed by atoms with E-state index in [-0.39, 0.29) is 18.9 Å². The zero-order valence-corrected chi connectivity index (χ0v) is 9.74. The Labute approximate surface area is 97.8 Å². The van der Waals surface area contributed by atoms with Gasteiger partial charge in [0, 0.05) is 19.7 Å². The van der Waals surface area contributed by atoms with Crippen LogP contribution in [0, 0.1) is 0 Å². The van der Waals surface area contributed by atoms with E-state index in [1.807, 2.05) is 16.8 Å². The first-order valence-corrected chi connectivity index (χ1v) is 5.71. The van der Waals surface area contributed by atoms with Gasteiger partial charge in [0.1, 0.15) is 0 Å². The Morgan fingerprint density at radius 2 is 2.31 bits per heavy atom. The van der Waals surface area contributed by atoms with Crippen LogP contribution in [0.3, 0.4) is 0 Å². The smallest absolute Gasteiger partial charge is 0.305 e. The molecule has 0 radical (unpaired) electrons. The van der Waals surface area contributed by atoms with Gasteiger partial charge in [0.15, 0.2) is 0 Å². The summed E-state index contributed by atoms with van der Waals surface area (Å²) in [4.78, 5) is 23.2. The molecule has 86 valence electrons. The molecule has 5 heteroatoms. The second-order valence-corrected chi connectivity index (χ2v) is 4.07. The average molecular weight is 239 g/mol. The Morgan fingerprint density at radius 1 is 1.56 bits per heavy atom. The van der Waals surface area contributed by atoms with Gasteiger partial charge < -0.3 is 10.0 Å². The molecule has 1 heterocycles. The van der Waals surface area contributed by atoms with Crippen molar-refractivity contribution in [1.82, 2.24) is 4.90 Å². The van der Waals surface area contributed by atoms with Crippen molar-refractivity contribution in [2.24, 2.45) is 0 Å². The summed E-state index contributed by atoms with van der Waals surface area (Å²) in [6.45, 7) is 0.224. The molecule has 0 atom stereocenters. The fraction of sp³-hybridized carbons (Fsp3) is 0.273. The number of carboxylic acids is 1. The number of amides is 1. The highest BCUT2D eigenvalue weighted by atomic mass is 32.1. The summed E-state index contributed by atoms with van der Waals surface area (Å²) in [5, 5.41) is 12.3. The summed E-state index contributed by atoms with van der Waals surface area (Å²) in [6, 6.07) is 1.91. The molecular weight excluding hydrogens is 226 g/mol. The molecule has 0 bridgehead atoms. The lowest BCUT2D eigenvalue weighted by molar-refractivity contribution is -0.137. The van der Waals surface area contributed by atoms with Gasteiger partial charge in [0.2, 0.25) is 5.91 Å². The Balaban J connectivity index is 2.42. The molecule has 1 rings (SSSR count). The Morgan fingerprint density at radius 3 is 2.88 bits per heavy atom. The number of carbonyl (C=O) groups is 2. The van der Waals surface area contributed by atoms with Crippen LogP contribution in [0.15, 0.2) is 22.9 Å². The fourth-order valence-corrected chi connectivity index (χ4v) is 1.67. The molecule has 0 fully saturated rings. The zero-order valence-electron chi connectivity index (χ0n) is 8.92. The van der Waals surface area contributed by atoms with Crippen molar-refractivity contribution in [1.29, 1.82) is 0 Å². The Hall–Kier alpha value is -1.62. The number of hydrogen-bond acceptors (Lipinski definition) is 3. The van der Waals surface area contributed by atoms with Crippen LogP contribution in [-0.2, 0) is 9.59 Å². The molecule has 0 aliphatic rings. The fourth-order valence-electron chi connectivity index (χ4n) is 1.04. The first-order chi connectivity index (χ1) is 7.59. The van der Waals surface area contributed by atoms with Crippen LogP contribution in [0.5, 0.6) is 0 Å². The van der Waals surface area contributed by atoms with Crippen molar-refractivity contribution < 1.29 is 14.7 Å². The first-order valence-electron chi connectivity index (χ1n) is 4.77. The van der Waals surface area contributed by atoms with Crippen molar-refractivity contribution in [2.45, 2.75) is 6.42 Å². The zero-order chi connectivity index (χ0) is 12.0. The molecular formula is C11H13NO3S. The van der Waals surface area contributed by atoms with Gasteiger partial charge in [0.25, 0.3) is 0 Å². The van der Waals surface area contributed by atoms with Crippen LogP contribution in [0.4, 0.5) is 0 Å². The van der Waals surface area contributed by atoms with E-state index in [0.29, 0.717) is 0 Å². The van der Waals surface area contributed by atoms with Gasteiger partial charge in [0.05, 0.1) is 6.42 Å². The van der Waals surface area contributed by atoms with E-state index in [4.69, 9.17) is 5.11 Å². The van der Waals surface area contributed by atoms with Crippen LogP contribution < -0.4 is 0 Å². The molecule has 0 unspecified atom stereocenters. The highest BCUT2D eigenvalue weighted by Gasteiger charge is 2.06. The molecule has 0 aromatic carbocycles. The van der Waals surface area contributed by atoms with Crippen molar-refractivity contribution in [2.75, 3.05) is 13.6 Å². The van der Waals surface area contributed by atoms with Crippen molar-refractivity contribution >= 4 is 29.3 Å². The number of thiophene rings is 1. The number of nitrogens with zero attached hydrogens (tertiary/aromatic N) is 1. The molecule has 0 aliphatic carbocycles. The molecule has 1 aromatic heterocycles. The standard InChI is InChI=1S/C11H13NO3S/c1-12(6-4-11(14)15)10(13)3-2-9-5-7-16-8-9/h2-3,5,7-8H,4,6H2,1H3,(H,14,15)/b3-2+. The summed E-state index contributed by atoms with van der Waals surface area (Å²) >= 11 is 1.56. The Bertz CT molecular complexity index is 384. The molecule has 0 spiro atoms. The van der Waals surface area contributed by atoms with Gasteiger partial charge >= 0.3 is 5.97 Å². The van der Waals surface area contributed by atoms with E-state index in [9.17, 15) is 9.59 Å². The first kappa shape index (κ1) is 12.4. The molecule has 0 saturated heterocycles. The predicted molar refractivity (Wildman–Crippen MR) is 63.2 cm³/mol. The van der Waals surface area contributed by atoms with Crippen LogP contribution in [0.25, 0.3) is 6.08 Å². The lowest BCUT2D eigenvalue weighted by atomic mass is 10.3. The highest BCUT2D eigenvalue weighted by molar-refractivity contribution is 7.08. The molecule has 4 nitrogen and oxygen atoms in total. The lowest BCUT2D eigenvalue weighted by Gasteiger charge is -2.12. The summed E-state index contributed by atoms with van der Waals surface area (Å²) in [5.74, 6) is -1.09. The van der Waals surface area contributed by atoms with Crippen LogP contribution in [-0.4, -0.2) is 35.5 Å². The second-order valence-electron chi connectivity index (χ2n) is 3.29. The number of rotatable bonds is 5. The van der Waals surface area contributed by atoms with E-state index in [1.54, 1.807) is 24.5 Å². The van der Waals surface area contributed by atoms with Gasteiger partial charge in [-0.2, -0.15) is 11.3 Å². The van der Waals surface area contributed by atoms with Gasteiger partial charge in [-0.15, -0.1) is 0 Å². The SMILES string of the molecule is CN(CCC(=O)O)C(=O)/C=C/c1ccsc1. The minimum Gasteiger partial charge on any atom is -0.481 e. The molecule has 16 heavy (non-hydrogen) atoms. The van der Waals surface area contributed by atoms with E-state index in [1.165, 1.54) is 11.0 Å². The molecule has 0 aliphatic heterocycles. The third-order valence-electron chi connectivity index (χ3n) is 2.00. The Kier molecular flexibility index (Phi) is 4.72. The van der Waals surface area contributed by atoms with E-state index in [0.717, 1.165) is 5.56 Å². The van der Waals surface area contributed by atoms with Gasteiger partial charge in [-0.1, -0.05) is 0 Å². The summed E-state index contributed by atoms with van der Waals surface area (Å²) in [7, 11) is 1.59. The van der Waals surface area contributed by atoms with Crippen molar-refractivity contribution in [3.05, 3.63) is 28.5 Å². The normalized spacial score (nSPS) is 10.6. The number of carboxylic acid groups (broad SMARTS) is 1. The topological polar surface area (TPSA) is 57.6 Å². The predicted octanol–water partition coefficient (Wildman–Crippen LogP) is 1.69. The monoisotopic (exact) mass is 239 g/mol. The minimum atomic E-state index is -0.901. The summed E-state index contributed by atoms with van der Waals surface area (Å²) in [6.07, 6.45) is 3.13. The van der Waals surface area contributed by atoms with Gasteiger partial charge in [-0.25, -0.2) is 0 Å². The maximum absolute atomic E-state index is 11.5. The number of likely N-dealkylation sites (N-methyl/N-ethyl adjacent to an activating group) is 1. The number of aliphatic carboxylic acids is 1. The van der Waals surface area contributed by atoms with E-state index >= 15 is 0 Å². The number of hydrogen-bond donors (Lipinski definition) is 1. The van der Waals surface area contributed by atoms with Gasteiger partial charge in [-0.3, -0.25) is 9.59 Å². The maximum Gasteiger partial charge on any atom is 0.305 e. The second kappa shape index (κ2) is 6.07. The average Bonchev–Trinajstić information content (AvgIpc) is 2.75. The van der Waals surface area contributed by atoms with Crippen molar-refractivity contribution in [3.8, 4) is 0 Å². The largest absolute Gasteiger partial charge is 0.481 e. The summed E-state index contributed by atoms with van der Waals surface area (Å²) in [5.41, 5.74) is 0.977. The molecule has 1 amide bonds. The van der Waals surface area contributed by atoms with E-state index in [2.05, 4.69) is 0 Å². The van der Waals surface area contributed by atoms with Crippen molar-refractivity contribution in [3.63, 3.8) is 0 Å².